The summed E-state index contributed by atoms with van der Waals surface area (Å²) in [5, 5.41) is 8.58. The van der Waals surface area contributed by atoms with Gasteiger partial charge in [0.05, 0.1) is 0 Å². The van der Waals surface area contributed by atoms with E-state index >= 15 is 0 Å². The molecule has 0 aliphatic heterocycles. The summed E-state index contributed by atoms with van der Waals surface area (Å²) in [6, 6.07) is 0. The van der Waals surface area contributed by atoms with Gasteiger partial charge in [-0.25, -0.2) is 0 Å². The molecule has 0 aliphatic rings. The van der Waals surface area contributed by atoms with Crippen LogP contribution in [0.1, 0.15) is 27.2 Å². The van der Waals surface area contributed by atoms with Crippen molar-refractivity contribution in [1.29, 1.82) is 0 Å². The molecule has 1 amide bonds. The summed E-state index contributed by atoms with van der Waals surface area (Å²) in [7, 11) is 0. The number of carbonyl (C=O) groups is 1. The Kier molecular flexibility index (Phi) is 5.80. The molecule has 13 heavy (non-hydrogen) atoms. The van der Waals surface area contributed by atoms with Gasteiger partial charge < -0.3 is 0 Å². The van der Waals surface area contributed by atoms with E-state index in [1.165, 1.54) is 6.08 Å². The summed E-state index contributed by atoms with van der Waals surface area (Å²) in [6.45, 7) is 5.50. The molecular formula is C9H16N2O2. The Labute approximate surface area is 78.3 Å². The summed E-state index contributed by atoms with van der Waals surface area (Å²) >= 11 is 0. The van der Waals surface area contributed by atoms with Crippen LogP contribution in [0.25, 0.3) is 0 Å². The summed E-state index contributed by atoms with van der Waals surface area (Å²) < 4.78 is 0. The molecule has 0 radical (unpaired) electrons. The monoisotopic (exact) mass is 184 g/mol. The molecule has 74 valence electrons. The van der Waals surface area contributed by atoms with E-state index < -0.39 is 0 Å². The topological polar surface area (TPSA) is 61.7 Å². The molecule has 0 aromatic heterocycles. The number of allylic oxidation sites excluding steroid dienone is 1. The molecular weight excluding hydrogens is 168 g/mol. The fourth-order valence-corrected chi connectivity index (χ4v) is 0.661. The number of hydrogen-bond acceptors (Lipinski definition) is 2. The maximum atomic E-state index is 11.2. The molecule has 0 aromatic carbocycles. The number of amides is 1. The first-order valence-electron chi connectivity index (χ1n) is 4.31. The van der Waals surface area contributed by atoms with Crippen LogP contribution in [0.3, 0.4) is 0 Å². The zero-order valence-corrected chi connectivity index (χ0v) is 8.24. The smallest absolute Gasteiger partial charge is 0.250 e. The molecule has 2 N–H and O–H groups in total. The number of rotatable bonds is 3. The minimum atomic E-state index is -0.225. The van der Waals surface area contributed by atoms with E-state index in [-0.39, 0.29) is 17.7 Å². The van der Waals surface area contributed by atoms with Crippen LogP contribution >= 0.6 is 0 Å². The van der Waals surface area contributed by atoms with Gasteiger partial charge in [0, 0.05) is 5.92 Å². The predicted octanol–water partition coefficient (Wildman–Crippen LogP) is 1.51. The first kappa shape index (κ1) is 11.8. The second-order valence-electron chi connectivity index (χ2n) is 2.76. The van der Waals surface area contributed by atoms with Crippen LogP contribution < -0.4 is 5.48 Å². The van der Waals surface area contributed by atoms with Gasteiger partial charge >= 0.3 is 0 Å². The lowest BCUT2D eigenvalue weighted by molar-refractivity contribution is -0.121. The predicted molar refractivity (Wildman–Crippen MR) is 51.6 cm³/mol. The minimum Gasteiger partial charge on any atom is -0.290 e. The molecule has 0 fully saturated rings. The van der Waals surface area contributed by atoms with E-state index in [1.54, 1.807) is 19.9 Å². The molecule has 4 nitrogen and oxygen atoms in total. The maximum Gasteiger partial charge on any atom is 0.250 e. The van der Waals surface area contributed by atoms with Crippen LogP contribution in [0.15, 0.2) is 17.1 Å². The van der Waals surface area contributed by atoms with Crippen LogP contribution in [-0.2, 0) is 4.79 Å². The molecule has 0 aliphatic carbocycles. The van der Waals surface area contributed by atoms with Gasteiger partial charge in [-0.15, -0.1) is 0 Å². The summed E-state index contributed by atoms with van der Waals surface area (Å²) in [5.41, 5.74) is 1.86. The Morgan fingerprint density at radius 2 is 2.31 bits per heavy atom. The van der Waals surface area contributed by atoms with Gasteiger partial charge in [0.15, 0.2) is 5.84 Å². The number of hydroxylamine groups is 1. The number of carbonyl (C=O) groups excluding carboxylic acids is 1. The largest absolute Gasteiger partial charge is 0.290 e. The van der Waals surface area contributed by atoms with Gasteiger partial charge in [0.2, 0.25) is 0 Å². The summed E-state index contributed by atoms with van der Waals surface area (Å²) in [4.78, 5) is 14.9. The third-order valence-electron chi connectivity index (χ3n) is 1.70. The summed E-state index contributed by atoms with van der Waals surface area (Å²) in [5.74, 6) is -0.154. The van der Waals surface area contributed by atoms with Gasteiger partial charge in [-0.1, -0.05) is 19.9 Å². The Balaban J connectivity index is 4.41. The Morgan fingerprint density at radius 3 is 2.69 bits per heavy atom. The van der Waals surface area contributed by atoms with E-state index in [1.807, 2.05) is 12.4 Å². The quantitative estimate of drug-likeness (QED) is 0.397. The second-order valence-corrected chi connectivity index (χ2v) is 2.76. The molecule has 0 saturated carbocycles. The molecule has 1 unspecified atom stereocenters. The van der Waals surface area contributed by atoms with Gasteiger partial charge in [0.1, 0.15) is 0 Å². The van der Waals surface area contributed by atoms with Crippen molar-refractivity contribution in [2.45, 2.75) is 27.2 Å². The van der Waals surface area contributed by atoms with Gasteiger partial charge in [-0.3, -0.25) is 15.5 Å². The summed E-state index contributed by atoms with van der Waals surface area (Å²) in [6.07, 6.45) is 3.96. The van der Waals surface area contributed by atoms with Gasteiger partial charge in [-0.05, 0) is 19.4 Å². The van der Waals surface area contributed by atoms with E-state index in [0.29, 0.717) is 0 Å². The molecule has 0 heterocycles. The average molecular weight is 184 g/mol. The maximum absolute atomic E-state index is 11.2. The highest BCUT2D eigenvalue weighted by Crippen LogP contribution is 2.02. The molecule has 0 spiro atoms. The molecule has 0 saturated heterocycles. The fourth-order valence-electron chi connectivity index (χ4n) is 0.661. The lowest BCUT2D eigenvalue weighted by Gasteiger charge is -2.03. The van der Waals surface area contributed by atoms with Gasteiger partial charge in [0.25, 0.3) is 5.91 Å². The highest BCUT2D eigenvalue weighted by molar-refractivity contribution is 6.00. The lowest BCUT2D eigenvalue weighted by Crippen LogP contribution is -2.20. The van der Waals surface area contributed by atoms with Crippen molar-refractivity contribution < 1.29 is 10.0 Å². The van der Waals surface area contributed by atoms with Crippen LogP contribution in [-0.4, -0.2) is 17.0 Å². The Morgan fingerprint density at radius 1 is 1.69 bits per heavy atom. The molecule has 0 bridgehead atoms. The normalized spacial score (nSPS) is 14.6. The zero-order valence-electron chi connectivity index (χ0n) is 8.24. The van der Waals surface area contributed by atoms with Crippen LogP contribution in [0.2, 0.25) is 0 Å². The SMILES string of the molecule is C/C=C\C(=N/C(=O)C(C)CC)NO. The third kappa shape index (κ3) is 4.42. The molecule has 4 heteroatoms. The second kappa shape index (κ2) is 6.37. The third-order valence-corrected chi connectivity index (χ3v) is 1.70. The van der Waals surface area contributed by atoms with Crippen molar-refractivity contribution in [2.24, 2.45) is 10.9 Å². The van der Waals surface area contributed by atoms with Crippen molar-refractivity contribution in [1.82, 2.24) is 5.48 Å². The molecule has 1 atom stereocenters. The van der Waals surface area contributed by atoms with Crippen LogP contribution in [0.5, 0.6) is 0 Å². The lowest BCUT2D eigenvalue weighted by atomic mass is 10.1. The van der Waals surface area contributed by atoms with Crippen molar-refractivity contribution in [3.63, 3.8) is 0 Å². The molecule has 0 rings (SSSR count). The van der Waals surface area contributed by atoms with Crippen molar-refractivity contribution in [3.05, 3.63) is 12.2 Å². The van der Waals surface area contributed by atoms with E-state index in [9.17, 15) is 4.79 Å². The zero-order chi connectivity index (χ0) is 10.3. The first-order chi connectivity index (χ1) is 6.15. The van der Waals surface area contributed by atoms with Crippen molar-refractivity contribution >= 4 is 11.7 Å². The van der Waals surface area contributed by atoms with E-state index in [0.717, 1.165) is 6.42 Å². The number of aliphatic imine (C=N–C) groups is 1. The van der Waals surface area contributed by atoms with Crippen molar-refractivity contribution in [3.8, 4) is 0 Å². The Bertz CT molecular complexity index is 222. The highest BCUT2D eigenvalue weighted by Gasteiger charge is 2.09. The Hall–Kier alpha value is -1.16. The number of amidine groups is 1. The number of hydrogen-bond donors (Lipinski definition) is 2. The first-order valence-corrected chi connectivity index (χ1v) is 4.31. The van der Waals surface area contributed by atoms with Crippen LogP contribution in [0.4, 0.5) is 0 Å². The average Bonchev–Trinajstić information content (AvgIpc) is 2.15. The number of nitrogens with zero attached hydrogens (tertiary/aromatic N) is 1. The van der Waals surface area contributed by atoms with Crippen molar-refractivity contribution in [2.75, 3.05) is 0 Å². The van der Waals surface area contributed by atoms with E-state index in [4.69, 9.17) is 5.21 Å². The highest BCUT2D eigenvalue weighted by atomic mass is 16.5. The standard InChI is InChI=1S/C9H16N2O2/c1-4-6-8(11-13)10-9(12)7(3)5-2/h4,6-7,13H,5H2,1-3H3,(H,10,11,12)/b6-4-. The molecule has 0 aromatic rings. The number of nitrogens with one attached hydrogen (secondary N) is 1. The van der Waals surface area contributed by atoms with Gasteiger partial charge in [-0.2, -0.15) is 4.99 Å². The van der Waals surface area contributed by atoms with E-state index in [2.05, 4.69) is 4.99 Å². The minimum absolute atomic E-state index is 0.103. The fraction of sp³-hybridized carbons (Fsp3) is 0.556. The van der Waals surface area contributed by atoms with Crippen LogP contribution in [0, 0.1) is 5.92 Å².